The van der Waals surface area contributed by atoms with Gasteiger partial charge in [0.25, 0.3) is 0 Å². The number of aliphatic hydroxyl groups excluding tert-OH is 1. The Labute approximate surface area is 117 Å². The van der Waals surface area contributed by atoms with Crippen LogP contribution in [0.2, 0.25) is 0 Å². The quantitative estimate of drug-likeness (QED) is 0.883. The number of hydrogen-bond acceptors (Lipinski definition) is 2. The molecule has 0 aromatic carbocycles. The van der Waals surface area contributed by atoms with Gasteiger partial charge < -0.3 is 9.67 Å². The molecule has 3 heteroatoms. The molecule has 1 aromatic rings. The van der Waals surface area contributed by atoms with Crippen LogP contribution in [0.25, 0.3) is 0 Å². The molecule has 1 unspecified atom stereocenters. The van der Waals surface area contributed by atoms with Crippen molar-refractivity contribution in [2.45, 2.75) is 77.4 Å². The second-order valence-corrected chi connectivity index (χ2v) is 5.91. The first-order chi connectivity index (χ1) is 9.31. The lowest BCUT2D eigenvalue weighted by Crippen LogP contribution is -2.25. The normalized spacial score (nSPS) is 19.9. The summed E-state index contributed by atoms with van der Waals surface area (Å²) in [6.07, 6.45) is 14.5. The second-order valence-electron chi connectivity index (χ2n) is 5.91. The van der Waals surface area contributed by atoms with Crippen LogP contribution in [0.5, 0.6) is 0 Å². The zero-order chi connectivity index (χ0) is 13.5. The number of aliphatic hydroxyl groups is 1. The summed E-state index contributed by atoms with van der Waals surface area (Å²) in [6.45, 7) is 3.18. The van der Waals surface area contributed by atoms with Crippen LogP contribution < -0.4 is 0 Å². The highest BCUT2D eigenvalue weighted by Gasteiger charge is 2.21. The fourth-order valence-corrected chi connectivity index (χ4v) is 3.20. The molecule has 0 saturated heterocycles. The summed E-state index contributed by atoms with van der Waals surface area (Å²) >= 11 is 0. The van der Waals surface area contributed by atoms with E-state index in [4.69, 9.17) is 0 Å². The van der Waals surface area contributed by atoms with Crippen LogP contribution in [-0.4, -0.2) is 20.8 Å². The Bertz CT molecular complexity index is 353. The smallest absolute Gasteiger partial charge is 0.111 e. The van der Waals surface area contributed by atoms with Crippen molar-refractivity contribution in [3.05, 3.63) is 18.2 Å². The average Bonchev–Trinajstić information content (AvgIpc) is 2.76. The van der Waals surface area contributed by atoms with Gasteiger partial charge in [0.05, 0.1) is 6.10 Å². The molecule has 1 fully saturated rings. The predicted molar refractivity (Wildman–Crippen MR) is 78.0 cm³/mol. The Morgan fingerprint density at radius 1 is 1.26 bits per heavy atom. The van der Waals surface area contributed by atoms with E-state index in [1.165, 1.54) is 44.9 Å². The monoisotopic (exact) mass is 264 g/mol. The van der Waals surface area contributed by atoms with Crippen molar-refractivity contribution in [3.63, 3.8) is 0 Å². The minimum absolute atomic E-state index is 0.212. The molecule has 1 atom stereocenters. The maximum Gasteiger partial charge on any atom is 0.111 e. The Morgan fingerprint density at radius 2 is 1.95 bits per heavy atom. The molecule has 1 heterocycles. The highest BCUT2D eigenvalue weighted by molar-refractivity contribution is 4.95. The van der Waals surface area contributed by atoms with Gasteiger partial charge in [-0.05, 0) is 25.2 Å². The van der Waals surface area contributed by atoms with Crippen molar-refractivity contribution < 1.29 is 5.11 Å². The van der Waals surface area contributed by atoms with Crippen LogP contribution in [0, 0.1) is 5.92 Å². The summed E-state index contributed by atoms with van der Waals surface area (Å²) in [6, 6.07) is 0. The molecule has 1 aliphatic carbocycles. The fraction of sp³-hybridized carbons (Fsp3) is 0.812. The standard InChI is InChI=1S/C16H28N2O/c1-2-11-18-12-10-17-16(18)13-15(19)14-8-6-4-3-5-7-9-14/h10,12,14-15,19H,2-9,11,13H2,1H3. The zero-order valence-electron chi connectivity index (χ0n) is 12.2. The molecule has 3 nitrogen and oxygen atoms in total. The van der Waals surface area contributed by atoms with Gasteiger partial charge in [0.1, 0.15) is 5.82 Å². The molecule has 0 bridgehead atoms. The summed E-state index contributed by atoms with van der Waals surface area (Å²) in [4.78, 5) is 4.41. The molecule has 0 radical (unpaired) electrons. The number of aromatic nitrogens is 2. The van der Waals surface area contributed by atoms with E-state index in [2.05, 4.69) is 16.5 Å². The first-order valence-electron chi connectivity index (χ1n) is 7.99. The van der Waals surface area contributed by atoms with Gasteiger partial charge in [-0.3, -0.25) is 0 Å². The van der Waals surface area contributed by atoms with Crippen molar-refractivity contribution in [1.29, 1.82) is 0 Å². The fourth-order valence-electron chi connectivity index (χ4n) is 3.20. The first-order valence-corrected chi connectivity index (χ1v) is 7.99. The van der Waals surface area contributed by atoms with Crippen LogP contribution in [0.4, 0.5) is 0 Å². The molecule has 19 heavy (non-hydrogen) atoms. The zero-order valence-corrected chi connectivity index (χ0v) is 12.2. The number of imidazole rings is 1. The van der Waals surface area contributed by atoms with E-state index in [0.29, 0.717) is 5.92 Å². The van der Waals surface area contributed by atoms with Crippen LogP contribution in [0.3, 0.4) is 0 Å². The largest absolute Gasteiger partial charge is 0.392 e. The van der Waals surface area contributed by atoms with Gasteiger partial charge in [-0.1, -0.05) is 39.0 Å². The topological polar surface area (TPSA) is 38.0 Å². The molecule has 1 aliphatic rings. The van der Waals surface area contributed by atoms with Gasteiger partial charge in [-0.2, -0.15) is 0 Å². The van der Waals surface area contributed by atoms with Crippen LogP contribution in [0.15, 0.2) is 12.4 Å². The van der Waals surface area contributed by atoms with E-state index >= 15 is 0 Å². The maximum absolute atomic E-state index is 10.5. The van der Waals surface area contributed by atoms with Gasteiger partial charge in [-0.15, -0.1) is 0 Å². The lowest BCUT2D eigenvalue weighted by atomic mass is 9.86. The third-order valence-corrected chi connectivity index (χ3v) is 4.35. The van der Waals surface area contributed by atoms with Gasteiger partial charge >= 0.3 is 0 Å². The van der Waals surface area contributed by atoms with Crippen molar-refractivity contribution >= 4 is 0 Å². The first kappa shape index (κ1) is 14.6. The van der Waals surface area contributed by atoms with E-state index in [1.807, 2.05) is 12.4 Å². The summed E-state index contributed by atoms with van der Waals surface area (Å²) in [7, 11) is 0. The van der Waals surface area contributed by atoms with Gasteiger partial charge in [0.2, 0.25) is 0 Å². The maximum atomic E-state index is 10.5. The molecule has 0 spiro atoms. The summed E-state index contributed by atoms with van der Waals surface area (Å²) < 4.78 is 2.19. The molecular formula is C16H28N2O. The molecule has 2 rings (SSSR count). The Balaban J connectivity index is 1.90. The van der Waals surface area contributed by atoms with Crippen LogP contribution in [-0.2, 0) is 13.0 Å². The van der Waals surface area contributed by atoms with Crippen molar-refractivity contribution in [2.24, 2.45) is 5.92 Å². The number of hydrogen-bond donors (Lipinski definition) is 1. The summed E-state index contributed by atoms with van der Waals surface area (Å²) in [5, 5.41) is 10.5. The highest BCUT2D eigenvalue weighted by atomic mass is 16.3. The van der Waals surface area contributed by atoms with Crippen molar-refractivity contribution in [3.8, 4) is 0 Å². The molecule has 0 amide bonds. The number of nitrogens with zero attached hydrogens (tertiary/aromatic N) is 2. The van der Waals surface area contributed by atoms with E-state index in [0.717, 1.165) is 25.2 Å². The lowest BCUT2D eigenvalue weighted by Gasteiger charge is -2.24. The molecular weight excluding hydrogens is 236 g/mol. The number of aryl methyl sites for hydroxylation is 1. The molecule has 108 valence electrons. The van der Waals surface area contributed by atoms with E-state index in [9.17, 15) is 5.11 Å². The summed E-state index contributed by atoms with van der Waals surface area (Å²) in [5.74, 6) is 1.53. The van der Waals surface area contributed by atoms with E-state index in [-0.39, 0.29) is 6.10 Å². The van der Waals surface area contributed by atoms with Crippen molar-refractivity contribution in [1.82, 2.24) is 9.55 Å². The van der Waals surface area contributed by atoms with Crippen LogP contribution >= 0.6 is 0 Å². The van der Waals surface area contributed by atoms with E-state index in [1.54, 1.807) is 0 Å². The molecule has 1 saturated carbocycles. The highest BCUT2D eigenvalue weighted by Crippen LogP contribution is 2.26. The third kappa shape index (κ3) is 4.34. The lowest BCUT2D eigenvalue weighted by molar-refractivity contribution is 0.0887. The molecule has 1 aromatic heterocycles. The minimum atomic E-state index is -0.212. The van der Waals surface area contributed by atoms with Gasteiger partial charge in [0.15, 0.2) is 0 Å². The van der Waals surface area contributed by atoms with E-state index < -0.39 is 0 Å². The number of rotatable bonds is 5. The Hall–Kier alpha value is -0.830. The molecule has 1 N–H and O–H groups in total. The van der Waals surface area contributed by atoms with Crippen LogP contribution in [0.1, 0.15) is 64.1 Å². The predicted octanol–water partition coefficient (Wildman–Crippen LogP) is 3.56. The summed E-state index contributed by atoms with van der Waals surface area (Å²) in [5.41, 5.74) is 0. The van der Waals surface area contributed by atoms with Gasteiger partial charge in [-0.25, -0.2) is 4.98 Å². The second kappa shape index (κ2) is 7.68. The Kier molecular flexibility index (Phi) is 5.90. The van der Waals surface area contributed by atoms with Gasteiger partial charge in [0, 0.05) is 25.4 Å². The SMILES string of the molecule is CCCn1ccnc1CC(O)C1CCCCCCC1. The molecule has 0 aliphatic heterocycles. The average molecular weight is 264 g/mol. The Morgan fingerprint density at radius 3 is 2.63 bits per heavy atom. The minimum Gasteiger partial charge on any atom is -0.392 e. The third-order valence-electron chi connectivity index (χ3n) is 4.35. The van der Waals surface area contributed by atoms with Crippen molar-refractivity contribution in [2.75, 3.05) is 0 Å².